The van der Waals surface area contributed by atoms with E-state index in [4.69, 9.17) is 5.11 Å². The number of carbonyl (C=O) groups excluding carboxylic acids is 1. The van der Waals surface area contributed by atoms with Crippen molar-refractivity contribution in [1.82, 2.24) is 5.32 Å². The third-order valence-electron chi connectivity index (χ3n) is 3.75. The molecule has 0 bridgehead atoms. The van der Waals surface area contributed by atoms with Gasteiger partial charge < -0.3 is 15.7 Å². The summed E-state index contributed by atoms with van der Waals surface area (Å²) in [5, 5.41) is 18.9. The smallest absolute Gasteiger partial charge is 0.319 e. The third-order valence-corrected chi connectivity index (χ3v) is 4.44. The molecule has 2 amide bonds. The number of aliphatic hydroxyl groups excluding tert-OH is 1. The summed E-state index contributed by atoms with van der Waals surface area (Å²) < 4.78 is 0. The topological polar surface area (TPSA) is 61.4 Å². The van der Waals surface area contributed by atoms with Crippen LogP contribution in [0.4, 0.5) is 10.5 Å². The van der Waals surface area contributed by atoms with Crippen LogP contribution in [-0.4, -0.2) is 23.8 Å². The molecule has 0 aromatic carbocycles. The van der Waals surface area contributed by atoms with Gasteiger partial charge in [0, 0.05) is 18.0 Å². The van der Waals surface area contributed by atoms with Gasteiger partial charge in [-0.2, -0.15) is 11.3 Å². The molecule has 0 radical (unpaired) electrons. The zero-order valence-corrected chi connectivity index (χ0v) is 11.9. The zero-order valence-electron chi connectivity index (χ0n) is 11.1. The fourth-order valence-corrected chi connectivity index (χ4v) is 3.36. The van der Waals surface area contributed by atoms with Gasteiger partial charge in [0.2, 0.25) is 0 Å². The minimum absolute atomic E-state index is 0.0870. The second-order valence-corrected chi connectivity index (χ2v) is 5.91. The van der Waals surface area contributed by atoms with Gasteiger partial charge in [-0.3, -0.25) is 0 Å². The number of hydrogen-bond donors (Lipinski definition) is 3. The lowest BCUT2D eigenvalue weighted by Gasteiger charge is -2.30. The highest BCUT2D eigenvalue weighted by Gasteiger charge is 2.24. The highest BCUT2D eigenvalue weighted by Crippen LogP contribution is 2.27. The number of amides is 2. The van der Waals surface area contributed by atoms with Crippen LogP contribution in [-0.2, 0) is 0 Å². The minimum Gasteiger partial charge on any atom is -0.396 e. The molecule has 1 heterocycles. The summed E-state index contributed by atoms with van der Waals surface area (Å²) in [7, 11) is 0. The molecule has 0 aliphatic heterocycles. The lowest BCUT2D eigenvalue weighted by atomic mass is 9.83. The second-order valence-electron chi connectivity index (χ2n) is 5.13. The molecule has 19 heavy (non-hydrogen) atoms. The number of anilines is 1. The van der Waals surface area contributed by atoms with E-state index in [1.807, 2.05) is 16.8 Å². The van der Waals surface area contributed by atoms with Crippen molar-refractivity contribution in [2.75, 3.05) is 11.9 Å². The summed E-state index contributed by atoms with van der Waals surface area (Å²) in [5.74, 6) is 0.508. The molecule has 0 spiro atoms. The van der Waals surface area contributed by atoms with Gasteiger partial charge in [0.25, 0.3) is 0 Å². The van der Waals surface area contributed by atoms with Crippen LogP contribution < -0.4 is 10.6 Å². The summed E-state index contributed by atoms with van der Waals surface area (Å²) in [6, 6.07) is 1.80. The predicted octanol–water partition coefficient (Wildman–Crippen LogP) is 3.20. The van der Waals surface area contributed by atoms with Crippen molar-refractivity contribution in [3.05, 3.63) is 16.8 Å². The Morgan fingerprint density at radius 2 is 2.21 bits per heavy atom. The van der Waals surface area contributed by atoms with Crippen LogP contribution in [0, 0.1) is 5.92 Å². The van der Waals surface area contributed by atoms with Crippen LogP contribution in [0.5, 0.6) is 0 Å². The Morgan fingerprint density at radius 1 is 1.42 bits per heavy atom. The van der Waals surface area contributed by atoms with E-state index in [-0.39, 0.29) is 18.7 Å². The molecule has 1 unspecified atom stereocenters. The maximum absolute atomic E-state index is 11.9. The molecule has 106 valence electrons. The summed E-state index contributed by atoms with van der Waals surface area (Å²) in [4.78, 5) is 11.9. The van der Waals surface area contributed by atoms with E-state index in [0.29, 0.717) is 12.3 Å². The lowest BCUT2D eigenvalue weighted by Crippen LogP contribution is -2.43. The molecule has 1 saturated carbocycles. The molecule has 4 nitrogen and oxygen atoms in total. The first-order chi connectivity index (χ1) is 9.29. The predicted molar refractivity (Wildman–Crippen MR) is 78.5 cm³/mol. The number of carbonyl (C=O) groups is 1. The maximum Gasteiger partial charge on any atom is 0.319 e. The van der Waals surface area contributed by atoms with Crippen molar-refractivity contribution in [2.24, 2.45) is 5.92 Å². The van der Waals surface area contributed by atoms with Crippen molar-refractivity contribution >= 4 is 23.1 Å². The highest BCUT2D eigenvalue weighted by atomic mass is 32.1. The first-order valence-electron chi connectivity index (χ1n) is 7.00. The highest BCUT2D eigenvalue weighted by molar-refractivity contribution is 7.08. The van der Waals surface area contributed by atoms with E-state index >= 15 is 0 Å². The van der Waals surface area contributed by atoms with Gasteiger partial charge >= 0.3 is 6.03 Å². The molecular weight excluding hydrogens is 260 g/mol. The zero-order chi connectivity index (χ0) is 13.5. The van der Waals surface area contributed by atoms with E-state index in [1.165, 1.54) is 19.3 Å². The van der Waals surface area contributed by atoms with E-state index in [1.54, 1.807) is 11.3 Å². The summed E-state index contributed by atoms with van der Waals surface area (Å²) >= 11 is 1.56. The Hall–Kier alpha value is -1.07. The average Bonchev–Trinajstić information content (AvgIpc) is 2.92. The molecule has 1 aromatic rings. The third kappa shape index (κ3) is 4.51. The quantitative estimate of drug-likeness (QED) is 0.776. The number of rotatable bonds is 5. The van der Waals surface area contributed by atoms with Crippen LogP contribution in [0.2, 0.25) is 0 Å². The molecule has 1 aromatic heterocycles. The van der Waals surface area contributed by atoms with E-state index in [2.05, 4.69) is 10.6 Å². The Balaban J connectivity index is 1.86. The molecular formula is C14H22N2O2S. The fourth-order valence-electron chi connectivity index (χ4n) is 2.77. The molecule has 1 atom stereocenters. The van der Waals surface area contributed by atoms with Gasteiger partial charge in [-0.25, -0.2) is 4.79 Å². The molecule has 0 saturated heterocycles. The van der Waals surface area contributed by atoms with Crippen molar-refractivity contribution in [2.45, 2.75) is 44.6 Å². The minimum atomic E-state index is -0.164. The Kier molecular flexibility index (Phi) is 5.66. The first kappa shape index (κ1) is 14.3. The number of hydrogen-bond acceptors (Lipinski definition) is 3. The Labute approximate surface area is 118 Å². The lowest BCUT2D eigenvalue weighted by molar-refractivity contribution is 0.202. The maximum atomic E-state index is 11.9. The SMILES string of the molecule is O=C(Nc1ccsc1)NC(CCO)C1CCCCC1. The largest absolute Gasteiger partial charge is 0.396 e. The normalized spacial score (nSPS) is 17.9. The second kappa shape index (κ2) is 7.50. The Bertz CT molecular complexity index is 375. The van der Waals surface area contributed by atoms with Crippen LogP contribution in [0.25, 0.3) is 0 Å². The average molecular weight is 282 g/mol. The molecule has 3 N–H and O–H groups in total. The first-order valence-corrected chi connectivity index (χ1v) is 7.94. The fraction of sp³-hybridized carbons (Fsp3) is 0.643. The molecule has 1 aliphatic rings. The van der Waals surface area contributed by atoms with Crippen LogP contribution in [0.3, 0.4) is 0 Å². The molecule has 1 aliphatic carbocycles. The van der Waals surface area contributed by atoms with Gasteiger partial charge in [0.05, 0.1) is 5.69 Å². The number of thiophene rings is 1. The van der Waals surface area contributed by atoms with Crippen molar-refractivity contribution < 1.29 is 9.90 Å². The van der Waals surface area contributed by atoms with Gasteiger partial charge in [0.15, 0.2) is 0 Å². The molecule has 2 rings (SSSR count). The number of nitrogens with one attached hydrogen (secondary N) is 2. The summed E-state index contributed by atoms with van der Waals surface area (Å²) in [6.45, 7) is 0.125. The van der Waals surface area contributed by atoms with Crippen molar-refractivity contribution in [1.29, 1.82) is 0 Å². The molecule has 1 fully saturated rings. The number of urea groups is 1. The monoisotopic (exact) mass is 282 g/mol. The Morgan fingerprint density at radius 3 is 2.84 bits per heavy atom. The van der Waals surface area contributed by atoms with Gasteiger partial charge in [-0.15, -0.1) is 0 Å². The van der Waals surface area contributed by atoms with E-state index < -0.39 is 0 Å². The van der Waals surface area contributed by atoms with Crippen LogP contribution in [0.1, 0.15) is 38.5 Å². The van der Waals surface area contributed by atoms with Gasteiger partial charge in [-0.05, 0) is 36.6 Å². The van der Waals surface area contributed by atoms with E-state index in [0.717, 1.165) is 18.5 Å². The van der Waals surface area contributed by atoms with Gasteiger partial charge in [0.1, 0.15) is 0 Å². The van der Waals surface area contributed by atoms with Crippen LogP contribution in [0.15, 0.2) is 16.8 Å². The number of aliphatic hydroxyl groups is 1. The standard InChI is InChI=1S/C14H22N2O2S/c17-8-6-13(11-4-2-1-3-5-11)16-14(18)15-12-7-9-19-10-12/h7,9-11,13,17H,1-6,8H2,(H2,15,16,18). The van der Waals surface area contributed by atoms with Crippen molar-refractivity contribution in [3.8, 4) is 0 Å². The summed E-state index contributed by atoms with van der Waals surface area (Å²) in [5.41, 5.74) is 0.828. The van der Waals surface area contributed by atoms with Gasteiger partial charge in [-0.1, -0.05) is 19.3 Å². The molecule has 5 heteroatoms. The van der Waals surface area contributed by atoms with Crippen molar-refractivity contribution in [3.63, 3.8) is 0 Å². The van der Waals surface area contributed by atoms with E-state index in [9.17, 15) is 4.79 Å². The van der Waals surface area contributed by atoms with Crippen LogP contribution >= 0.6 is 11.3 Å². The summed E-state index contributed by atoms with van der Waals surface area (Å²) in [6.07, 6.45) is 6.72.